The van der Waals surface area contributed by atoms with Crippen molar-refractivity contribution in [1.82, 2.24) is 0 Å². The number of allylic oxidation sites excluding steroid dienone is 1. The van der Waals surface area contributed by atoms with Crippen molar-refractivity contribution in [2.75, 3.05) is 0 Å². The van der Waals surface area contributed by atoms with Gasteiger partial charge < -0.3 is 0 Å². The van der Waals surface area contributed by atoms with Gasteiger partial charge in [0.05, 0.1) is 0 Å². The summed E-state index contributed by atoms with van der Waals surface area (Å²) in [6.45, 7) is 6.78. The Labute approximate surface area is 108 Å². The fourth-order valence-corrected chi connectivity index (χ4v) is 4.26. The molecular formula is C17H30. The van der Waals surface area contributed by atoms with Crippen LogP contribution in [-0.2, 0) is 0 Å². The Hall–Kier alpha value is -0.260. The van der Waals surface area contributed by atoms with Gasteiger partial charge in [-0.05, 0) is 56.3 Å². The van der Waals surface area contributed by atoms with E-state index < -0.39 is 0 Å². The normalized spacial score (nSPS) is 22.7. The summed E-state index contributed by atoms with van der Waals surface area (Å²) in [5.41, 5.74) is 1.62. The highest BCUT2D eigenvalue weighted by Gasteiger charge is 2.34. The molecule has 0 bridgehead atoms. The Morgan fingerprint density at radius 2 is 1.47 bits per heavy atom. The minimum atomic E-state index is 0.895. The van der Waals surface area contributed by atoms with Crippen LogP contribution in [-0.4, -0.2) is 0 Å². The molecule has 0 spiro atoms. The molecule has 0 heterocycles. The smallest absolute Gasteiger partial charge is 0.0149 e. The first-order valence-corrected chi connectivity index (χ1v) is 8.00. The van der Waals surface area contributed by atoms with Crippen LogP contribution in [0, 0.1) is 17.8 Å². The second-order valence-electron chi connectivity index (χ2n) is 6.38. The molecule has 2 rings (SSSR count). The maximum atomic E-state index is 4.48. The van der Waals surface area contributed by atoms with Crippen molar-refractivity contribution in [3.8, 4) is 0 Å². The van der Waals surface area contributed by atoms with Crippen LogP contribution in [0.1, 0.15) is 77.6 Å². The van der Waals surface area contributed by atoms with Crippen molar-refractivity contribution in [2.24, 2.45) is 17.8 Å². The first-order chi connectivity index (χ1) is 8.33. The van der Waals surface area contributed by atoms with Crippen LogP contribution >= 0.6 is 0 Å². The minimum absolute atomic E-state index is 0.895. The topological polar surface area (TPSA) is 0 Å². The fraction of sp³-hybridized carbons (Fsp3) is 0.882. The zero-order chi connectivity index (χ0) is 12.1. The number of rotatable bonds is 6. The molecule has 0 unspecified atom stereocenters. The zero-order valence-electron chi connectivity index (χ0n) is 11.7. The molecule has 0 heteroatoms. The second-order valence-corrected chi connectivity index (χ2v) is 6.38. The predicted molar refractivity (Wildman–Crippen MR) is 76.1 cm³/mol. The highest BCUT2D eigenvalue weighted by molar-refractivity contribution is 5.06. The third-order valence-corrected chi connectivity index (χ3v) is 5.14. The Morgan fingerprint density at radius 3 is 1.88 bits per heavy atom. The molecule has 0 saturated heterocycles. The van der Waals surface area contributed by atoms with Crippen molar-refractivity contribution in [3.63, 3.8) is 0 Å². The largest absolute Gasteiger partial charge is 0.0996 e. The Bertz CT molecular complexity index is 212. The summed E-state index contributed by atoms with van der Waals surface area (Å²) in [7, 11) is 0. The highest BCUT2D eigenvalue weighted by Crippen LogP contribution is 2.45. The first kappa shape index (κ1) is 13.2. The maximum Gasteiger partial charge on any atom is -0.0149 e. The Kier molecular flexibility index (Phi) is 5.13. The van der Waals surface area contributed by atoms with Crippen molar-refractivity contribution in [1.29, 1.82) is 0 Å². The van der Waals surface area contributed by atoms with Gasteiger partial charge in [0.15, 0.2) is 0 Å². The molecule has 0 radical (unpaired) electrons. The SMILES string of the molecule is C=C(CCCC)C(C1CCCC1)C1CCCC1. The molecule has 0 aliphatic heterocycles. The predicted octanol–water partition coefficient (Wildman–Crippen LogP) is 5.73. The van der Waals surface area contributed by atoms with Gasteiger partial charge in [-0.3, -0.25) is 0 Å². The van der Waals surface area contributed by atoms with E-state index in [9.17, 15) is 0 Å². The van der Waals surface area contributed by atoms with Crippen LogP contribution < -0.4 is 0 Å². The molecular weight excluding hydrogens is 204 g/mol. The van der Waals surface area contributed by atoms with E-state index in [2.05, 4.69) is 13.5 Å². The number of unbranched alkanes of at least 4 members (excludes halogenated alkanes) is 1. The molecule has 0 aromatic rings. The highest BCUT2D eigenvalue weighted by atomic mass is 14.4. The summed E-state index contributed by atoms with van der Waals surface area (Å²) < 4.78 is 0. The van der Waals surface area contributed by atoms with E-state index in [4.69, 9.17) is 0 Å². The van der Waals surface area contributed by atoms with Crippen LogP contribution in [0.3, 0.4) is 0 Å². The van der Waals surface area contributed by atoms with Crippen LogP contribution in [0.4, 0.5) is 0 Å². The lowest BCUT2D eigenvalue weighted by atomic mass is 9.74. The molecule has 0 N–H and O–H groups in total. The van der Waals surface area contributed by atoms with Crippen LogP contribution in [0.25, 0.3) is 0 Å². The molecule has 98 valence electrons. The lowest BCUT2D eigenvalue weighted by Crippen LogP contribution is -2.22. The van der Waals surface area contributed by atoms with Gasteiger partial charge in [-0.1, -0.05) is 51.2 Å². The van der Waals surface area contributed by atoms with Gasteiger partial charge in [0.25, 0.3) is 0 Å². The van der Waals surface area contributed by atoms with Crippen molar-refractivity contribution < 1.29 is 0 Å². The molecule has 2 aliphatic carbocycles. The molecule has 2 fully saturated rings. The second kappa shape index (κ2) is 6.61. The van der Waals surface area contributed by atoms with Gasteiger partial charge in [-0.25, -0.2) is 0 Å². The number of hydrogen-bond acceptors (Lipinski definition) is 0. The monoisotopic (exact) mass is 234 g/mol. The molecule has 0 aromatic carbocycles. The van der Waals surface area contributed by atoms with Gasteiger partial charge in [0.1, 0.15) is 0 Å². The van der Waals surface area contributed by atoms with Crippen molar-refractivity contribution in [3.05, 3.63) is 12.2 Å². The molecule has 0 amide bonds. The standard InChI is InChI=1S/C17H30/c1-3-4-9-14(2)17(15-10-5-6-11-15)16-12-7-8-13-16/h15-17H,2-13H2,1H3. The van der Waals surface area contributed by atoms with E-state index >= 15 is 0 Å². The maximum absolute atomic E-state index is 4.48. The summed E-state index contributed by atoms with van der Waals surface area (Å²) in [5.74, 6) is 2.90. The van der Waals surface area contributed by atoms with Crippen LogP contribution in [0.2, 0.25) is 0 Å². The lowest BCUT2D eigenvalue weighted by molar-refractivity contribution is 0.266. The quantitative estimate of drug-likeness (QED) is 0.515. The fourth-order valence-electron chi connectivity index (χ4n) is 4.26. The van der Waals surface area contributed by atoms with Gasteiger partial charge in [0, 0.05) is 0 Å². The molecule has 0 nitrogen and oxygen atoms in total. The average Bonchev–Trinajstić information content (AvgIpc) is 2.99. The van der Waals surface area contributed by atoms with Crippen LogP contribution in [0.5, 0.6) is 0 Å². The van der Waals surface area contributed by atoms with Gasteiger partial charge in [-0.15, -0.1) is 0 Å². The van der Waals surface area contributed by atoms with E-state index in [1.165, 1.54) is 70.6 Å². The molecule has 2 aliphatic rings. The van der Waals surface area contributed by atoms with Crippen LogP contribution in [0.15, 0.2) is 12.2 Å². The summed E-state index contributed by atoms with van der Waals surface area (Å²) in [6, 6.07) is 0. The Morgan fingerprint density at radius 1 is 1.00 bits per heavy atom. The van der Waals surface area contributed by atoms with E-state index in [0.717, 1.165) is 17.8 Å². The number of hydrogen-bond donors (Lipinski definition) is 0. The third-order valence-electron chi connectivity index (χ3n) is 5.14. The van der Waals surface area contributed by atoms with E-state index in [0.29, 0.717) is 0 Å². The zero-order valence-corrected chi connectivity index (χ0v) is 11.7. The minimum Gasteiger partial charge on any atom is -0.0996 e. The summed E-state index contributed by atoms with van der Waals surface area (Å²) in [5, 5.41) is 0. The Balaban J connectivity index is 1.97. The third kappa shape index (κ3) is 3.36. The van der Waals surface area contributed by atoms with E-state index in [-0.39, 0.29) is 0 Å². The average molecular weight is 234 g/mol. The van der Waals surface area contributed by atoms with Gasteiger partial charge in [-0.2, -0.15) is 0 Å². The lowest BCUT2D eigenvalue weighted by Gasteiger charge is -2.31. The molecule has 17 heavy (non-hydrogen) atoms. The van der Waals surface area contributed by atoms with Crippen molar-refractivity contribution in [2.45, 2.75) is 77.6 Å². The van der Waals surface area contributed by atoms with Gasteiger partial charge >= 0.3 is 0 Å². The summed E-state index contributed by atoms with van der Waals surface area (Å²) >= 11 is 0. The van der Waals surface area contributed by atoms with E-state index in [1.807, 2.05) is 0 Å². The summed E-state index contributed by atoms with van der Waals surface area (Å²) in [4.78, 5) is 0. The van der Waals surface area contributed by atoms with Gasteiger partial charge in [0.2, 0.25) is 0 Å². The van der Waals surface area contributed by atoms with Crippen molar-refractivity contribution >= 4 is 0 Å². The first-order valence-electron chi connectivity index (χ1n) is 8.00. The summed E-state index contributed by atoms with van der Waals surface area (Å²) in [6.07, 6.45) is 15.9. The molecule has 2 saturated carbocycles. The van der Waals surface area contributed by atoms with E-state index in [1.54, 1.807) is 5.57 Å². The molecule has 0 atom stereocenters. The molecule has 0 aromatic heterocycles.